The quantitative estimate of drug-likeness (QED) is 0.141. The van der Waals surface area contributed by atoms with Crippen molar-refractivity contribution in [1.82, 2.24) is 48.4 Å². The third-order valence-corrected chi connectivity index (χ3v) is 12.3. The summed E-state index contributed by atoms with van der Waals surface area (Å²) in [5, 5.41) is 16.2. The zero-order valence-corrected chi connectivity index (χ0v) is 37.6. The van der Waals surface area contributed by atoms with Crippen LogP contribution in [0.2, 0.25) is 0 Å². The fraction of sp³-hybridized carbons (Fsp3) is 0.306. The van der Waals surface area contributed by atoms with Crippen molar-refractivity contribution in [1.29, 1.82) is 0 Å². The number of halogens is 3. The van der Waals surface area contributed by atoms with Gasteiger partial charge in [0.25, 0.3) is 11.1 Å². The van der Waals surface area contributed by atoms with Crippen LogP contribution in [0.4, 0.5) is 25.1 Å². The van der Waals surface area contributed by atoms with E-state index in [1.54, 1.807) is 4.57 Å². The van der Waals surface area contributed by atoms with Gasteiger partial charge in [0.2, 0.25) is 11.9 Å². The molecule has 10 rings (SSSR count). The molecule has 4 aromatic carbocycles. The molecule has 17 nitrogen and oxygen atoms in total. The van der Waals surface area contributed by atoms with Gasteiger partial charge in [-0.05, 0) is 28.3 Å². The van der Waals surface area contributed by atoms with E-state index in [1.807, 2.05) is 100 Å². The van der Waals surface area contributed by atoms with Crippen molar-refractivity contribution in [3.05, 3.63) is 185 Å². The third kappa shape index (κ3) is 9.90. The molecular formula is C49H51F3N12O5. The molecule has 8 aromatic rings. The van der Waals surface area contributed by atoms with Gasteiger partial charge in [-0.25, -0.2) is 9.59 Å². The van der Waals surface area contributed by atoms with Crippen LogP contribution in [-0.4, -0.2) is 102 Å². The maximum Gasteiger partial charge on any atom is 0.416 e. The fourth-order valence-corrected chi connectivity index (χ4v) is 8.94. The summed E-state index contributed by atoms with van der Waals surface area (Å²) in [5.74, 6) is 1.04. The van der Waals surface area contributed by atoms with Crippen molar-refractivity contribution in [2.45, 2.75) is 38.9 Å². The first kappa shape index (κ1) is 46.6. The molecule has 0 saturated carbocycles. The minimum Gasteiger partial charge on any atom is -0.395 e. The number of alkyl halides is 3. The molecule has 69 heavy (non-hydrogen) atoms. The summed E-state index contributed by atoms with van der Waals surface area (Å²) in [6.07, 6.45) is -4.55. The van der Waals surface area contributed by atoms with E-state index in [2.05, 4.69) is 25.5 Å². The predicted molar refractivity (Wildman–Crippen MR) is 257 cm³/mol. The Bertz CT molecular complexity index is 3300. The number of aliphatic hydroxyl groups is 1. The third-order valence-electron chi connectivity index (χ3n) is 12.3. The molecular weight excluding hydrogens is 894 g/mol. The van der Waals surface area contributed by atoms with E-state index in [9.17, 15) is 37.5 Å². The molecule has 0 bridgehead atoms. The van der Waals surface area contributed by atoms with Gasteiger partial charge >= 0.3 is 17.6 Å². The average Bonchev–Trinajstić information content (AvgIpc) is 3.94. The topological polar surface area (TPSA) is 185 Å². The van der Waals surface area contributed by atoms with Crippen molar-refractivity contribution in [2.75, 3.05) is 68.8 Å². The number of benzene rings is 4. The highest BCUT2D eigenvalue weighted by Gasteiger charge is 2.34. The number of hydrogen-bond acceptors (Lipinski definition) is 11. The second kappa shape index (κ2) is 20.4. The highest BCUT2D eigenvalue weighted by Crippen LogP contribution is 2.33. The van der Waals surface area contributed by atoms with Gasteiger partial charge in [0.1, 0.15) is 0 Å². The lowest BCUT2D eigenvalue weighted by Gasteiger charge is -2.29. The molecule has 2 aliphatic heterocycles. The van der Waals surface area contributed by atoms with Crippen LogP contribution in [0.5, 0.6) is 0 Å². The summed E-state index contributed by atoms with van der Waals surface area (Å²) in [7, 11) is 0. The minimum atomic E-state index is -4.55. The summed E-state index contributed by atoms with van der Waals surface area (Å²) >= 11 is 0. The summed E-state index contributed by atoms with van der Waals surface area (Å²) in [6.45, 7) is 5.90. The van der Waals surface area contributed by atoms with Gasteiger partial charge in [0.05, 0.1) is 44.9 Å². The lowest BCUT2D eigenvalue weighted by molar-refractivity contribution is -0.138. The predicted octanol–water partition coefficient (Wildman–Crippen LogP) is 3.27. The molecule has 20 heteroatoms. The number of piperazine rings is 2. The van der Waals surface area contributed by atoms with Crippen molar-refractivity contribution < 1.29 is 18.3 Å². The molecule has 2 aliphatic rings. The van der Waals surface area contributed by atoms with Crippen LogP contribution in [0.15, 0.2) is 134 Å². The Morgan fingerprint density at radius 1 is 0.536 bits per heavy atom. The Labute approximate surface area is 392 Å². The number of imidazole rings is 2. The molecule has 6 heterocycles. The van der Waals surface area contributed by atoms with Gasteiger partial charge in [-0.15, -0.1) is 0 Å². The van der Waals surface area contributed by atoms with Crippen molar-refractivity contribution >= 4 is 34.2 Å². The van der Waals surface area contributed by atoms with E-state index >= 15 is 0 Å². The van der Waals surface area contributed by atoms with Gasteiger partial charge in [-0.2, -0.15) is 23.1 Å². The monoisotopic (exact) mass is 944 g/mol. The van der Waals surface area contributed by atoms with Crippen molar-refractivity contribution in [3.8, 4) is 0 Å². The summed E-state index contributed by atoms with van der Waals surface area (Å²) in [5.41, 5.74) is 0.766. The minimum absolute atomic E-state index is 0.0101. The Hall–Kier alpha value is -7.55. The van der Waals surface area contributed by atoms with Crippen molar-refractivity contribution in [3.63, 3.8) is 0 Å². The second-order valence-electron chi connectivity index (χ2n) is 16.8. The molecule has 4 aromatic heterocycles. The summed E-state index contributed by atoms with van der Waals surface area (Å²) in [6, 6.07) is 34.1. The fourth-order valence-electron chi connectivity index (χ4n) is 8.94. The molecule has 0 unspecified atom stereocenters. The molecule has 2 fully saturated rings. The first-order chi connectivity index (χ1) is 33.5. The normalized spacial score (nSPS) is 14.3. The largest absolute Gasteiger partial charge is 0.416 e. The van der Waals surface area contributed by atoms with Crippen LogP contribution in [0.25, 0.3) is 22.3 Å². The number of anilines is 2. The number of aromatic amines is 1. The van der Waals surface area contributed by atoms with Crippen LogP contribution in [0.1, 0.15) is 27.8 Å². The number of nitrogens with zero attached hydrogens (tertiary/aromatic N) is 9. The lowest BCUT2D eigenvalue weighted by Crippen LogP contribution is -2.44. The molecule has 0 radical (unpaired) electrons. The van der Waals surface area contributed by atoms with E-state index in [1.165, 1.54) is 27.3 Å². The van der Waals surface area contributed by atoms with Gasteiger partial charge in [0.15, 0.2) is 22.3 Å². The lowest BCUT2D eigenvalue weighted by atomic mass is 10.1. The Kier molecular flexibility index (Phi) is 13.7. The summed E-state index contributed by atoms with van der Waals surface area (Å²) < 4.78 is 48.6. The number of H-pyrrole nitrogens is 1. The van der Waals surface area contributed by atoms with Crippen LogP contribution < -0.4 is 42.9 Å². The number of aliphatic hydroxyl groups excluding tert-OH is 1. The molecule has 358 valence electrons. The Morgan fingerprint density at radius 2 is 0.986 bits per heavy atom. The van der Waals surface area contributed by atoms with Gasteiger partial charge in [-0.3, -0.25) is 37.4 Å². The van der Waals surface area contributed by atoms with E-state index in [0.29, 0.717) is 55.8 Å². The number of aromatic nitrogens is 8. The molecule has 4 N–H and O–H groups in total. The summed E-state index contributed by atoms with van der Waals surface area (Å²) in [4.78, 5) is 68.8. The SMILES string of the molecule is O=c1[nH]c(=O)n(Cc2ccccc2)c2nc(N3CCNCC3)n(Cc3ccccc3C(F)(F)F)c12.O=c1c2c(nc(N3CCNCC3)n2Cc2ccccc2)n(Cc2ccccc2)c(=O)n1CCO. The van der Waals surface area contributed by atoms with E-state index in [0.717, 1.165) is 53.5 Å². The highest BCUT2D eigenvalue weighted by atomic mass is 19.4. The molecule has 2 saturated heterocycles. The number of hydrogen-bond donors (Lipinski definition) is 4. The Balaban J connectivity index is 0.000000172. The van der Waals surface area contributed by atoms with Crippen LogP contribution in [0, 0.1) is 0 Å². The molecule has 0 spiro atoms. The number of nitrogens with one attached hydrogen (secondary N) is 3. The van der Waals surface area contributed by atoms with Gasteiger partial charge in [-0.1, -0.05) is 109 Å². The molecule has 0 amide bonds. The smallest absolute Gasteiger partial charge is 0.395 e. The number of rotatable bonds is 12. The standard InChI is InChI=1S/C25H28N6O3.C24H23F3N6O2/c32-16-15-29-23(33)21-22(31(25(29)34)18-20-9-5-2-6-10-20)27-24(28-13-11-26-12-14-28)30(21)17-19-7-3-1-4-8-19;25-24(26,27)18-9-5-4-8-17(18)15-32-19-20(29-22(32)31-12-10-28-11-13-31)33(23(35)30-21(19)34)14-16-6-2-1-3-7-16/h1-10,26,32H,11-18H2;1-9,28H,10-15H2,(H,30,34,35). The van der Waals surface area contributed by atoms with E-state index < -0.39 is 34.2 Å². The van der Waals surface area contributed by atoms with Gasteiger partial charge < -0.3 is 25.5 Å². The molecule has 0 atom stereocenters. The van der Waals surface area contributed by atoms with Crippen LogP contribution >= 0.6 is 0 Å². The van der Waals surface area contributed by atoms with E-state index in [4.69, 9.17) is 4.98 Å². The molecule has 0 aliphatic carbocycles. The Morgan fingerprint density at radius 3 is 1.49 bits per heavy atom. The van der Waals surface area contributed by atoms with Gasteiger partial charge in [0, 0.05) is 52.4 Å². The van der Waals surface area contributed by atoms with Crippen LogP contribution in [-0.2, 0) is 38.9 Å². The van der Waals surface area contributed by atoms with E-state index in [-0.39, 0.29) is 49.5 Å². The zero-order chi connectivity index (χ0) is 48.1. The average molecular weight is 945 g/mol. The first-order valence-electron chi connectivity index (χ1n) is 22.8. The highest BCUT2D eigenvalue weighted by molar-refractivity contribution is 5.76. The van der Waals surface area contributed by atoms with Crippen LogP contribution in [0.3, 0.4) is 0 Å². The maximum absolute atomic E-state index is 13.7. The maximum atomic E-state index is 13.7. The zero-order valence-electron chi connectivity index (χ0n) is 37.6. The first-order valence-corrected chi connectivity index (χ1v) is 22.8. The second-order valence-corrected chi connectivity index (χ2v) is 16.8. The number of fused-ring (bicyclic) bond motifs is 2. The van der Waals surface area contributed by atoms with Crippen molar-refractivity contribution in [2.24, 2.45) is 0 Å².